The molecule has 0 radical (unpaired) electrons. The van der Waals surface area contributed by atoms with E-state index in [1.807, 2.05) is 0 Å². The van der Waals surface area contributed by atoms with Crippen molar-refractivity contribution < 1.29 is 9.63 Å². The van der Waals surface area contributed by atoms with E-state index in [1.165, 1.54) is 6.33 Å². The van der Waals surface area contributed by atoms with Crippen LogP contribution in [0.4, 0.5) is 0 Å². The minimum atomic E-state index is 0.216. The zero-order valence-electron chi connectivity index (χ0n) is 7.39. The molecule has 1 aliphatic rings. The first-order valence-corrected chi connectivity index (χ1v) is 4.50. The minimum absolute atomic E-state index is 0.216. The number of hydrogen-bond acceptors (Lipinski definition) is 5. The summed E-state index contributed by atoms with van der Waals surface area (Å²) in [6.45, 7) is 1.88. The number of rotatable bonds is 3. The molecule has 2 heterocycles. The fourth-order valence-electron chi connectivity index (χ4n) is 1.75. The van der Waals surface area contributed by atoms with E-state index in [0.29, 0.717) is 12.4 Å². The molecule has 0 spiro atoms. The van der Waals surface area contributed by atoms with Gasteiger partial charge in [-0.15, -0.1) is 0 Å². The topological polar surface area (TPSA) is 62.4 Å². The molecule has 0 amide bonds. The van der Waals surface area contributed by atoms with Crippen LogP contribution in [0.1, 0.15) is 18.7 Å². The Morgan fingerprint density at radius 2 is 2.62 bits per heavy atom. The molecule has 0 bridgehead atoms. The lowest BCUT2D eigenvalue weighted by Crippen LogP contribution is -2.31. The molecule has 13 heavy (non-hydrogen) atoms. The Balaban J connectivity index is 1.94. The molecule has 0 aliphatic carbocycles. The largest absolute Gasteiger partial charge is 0.395 e. The molecule has 1 atom stereocenters. The molecule has 0 unspecified atom stereocenters. The fourth-order valence-corrected chi connectivity index (χ4v) is 1.75. The monoisotopic (exact) mass is 183 g/mol. The summed E-state index contributed by atoms with van der Waals surface area (Å²) in [7, 11) is 0. The van der Waals surface area contributed by atoms with Crippen molar-refractivity contribution in [1.82, 2.24) is 15.0 Å². The van der Waals surface area contributed by atoms with Gasteiger partial charge in [-0.3, -0.25) is 4.90 Å². The van der Waals surface area contributed by atoms with Crippen molar-refractivity contribution in [3.05, 3.63) is 12.2 Å². The van der Waals surface area contributed by atoms with Crippen molar-refractivity contribution in [2.45, 2.75) is 25.4 Å². The van der Waals surface area contributed by atoms with Gasteiger partial charge in [-0.2, -0.15) is 4.98 Å². The molecule has 1 saturated heterocycles. The van der Waals surface area contributed by atoms with Gasteiger partial charge in [-0.05, 0) is 19.4 Å². The van der Waals surface area contributed by atoms with Gasteiger partial charge >= 0.3 is 0 Å². The van der Waals surface area contributed by atoms with Crippen LogP contribution >= 0.6 is 0 Å². The molecule has 1 fully saturated rings. The van der Waals surface area contributed by atoms with E-state index in [2.05, 4.69) is 15.0 Å². The van der Waals surface area contributed by atoms with Crippen molar-refractivity contribution in [2.75, 3.05) is 13.2 Å². The van der Waals surface area contributed by atoms with E-state index in [4.69, 9.17) is 9.63 Å². The molecular weight excluding hydrogens is 170 g/mol. The summed E-state index contributed by atoms with van der Waals surface area (Å²) in [5.41, 5.74) is 0. The summed E-state index contributed by atoms with van der Waals surface area (Å²) in [6.07, 6.45) is 3.60. The molecule has 0 saturated carbocycles. The number of nitrogens with zero attached hydrogens (tertiary/aromatic N) is 3. The standard InChI is InChI=1S/C8H13N3O2/c12-5-7-2-1-3-11(7)4-8-9-6-10-13-8/h6-7,12H,1-5H2/t7-/m1/s1. The maximum absolute atomic E-state index is 9.06. The Morgan fingerprint density at radius 3 is 3.31 bits per heavy atom. The van der Waals surface area contributed by atoms with Crippen molar-refractivity contribution in [3.8, 4) is 0 Å². The van der Waals surface area contributed by atoms with Crippen LogP contribution in [0.5, 0.6) is 0 Å². The number of aliphatic hydroxyl groups excluding tert-OH is 1. The number of aromatic nitrogens is 2. The molecule has 1 aliphatic heterocycles. The van der Waals surface area contributed by atoms with Gasteiger partial charge in [-0.1, -0.05) is 5.16 Å². The van der Waals surface area contributed by atoms with Crippen LogP contribution in [0, 0.1) is 0 Å². The van der Waals surface area contributed by atoms with Crippen molar-refractivity contribution >= 4 is 0 Å². The maximum Gasteiger partial charge on any atom is 0.240 e. The summed E-state index contributed by atoms with van der Waals surface area (Å²) in [6, 6.07) is 0.270. The highest BCUT2D eigenvalue weighted by molar-refractivity contribution is 4.83. The molecule has 5 heteroatoms. The van der Waals surface area contributed by atoms with Gasteiger partial charge in [-0.25, -0.2) is 0 Å². The average Bonchev–Trinajstić information content (AvgIpc) is 2.76. The Morgan fingerprint density at radius 1 is 1.69 bits per heavy atom. The van der Waals surface area contributed by atoms with E-state index >= 15 is 0 Å². The molecule has 72 valence electrons. The highest BCUT2D eigenvalue weighted by Gasteiger charge is 2.24. The average molecular weight is 183 g/mol. The Labute approximate surface area is 76.4 Å². The number of aliphatic hydroxyl groups is 1. The molecule has 1 aromatic heterocycles. The molecule has 5 nitrogen and oxygen atoms in total. The van der Waals surface area contributed by atoms with E-state index < -0.39 is 0 Å². The zero-order valence-corrected chi connectivity index (χ0v) is 7.39. The zero-order chi connectivity index (χ0) is 9.10. The second kappa shape index (κ2) is 3.85. The number of hydrogen-bond donors (Lipinski definition) is 1. The van der Waals surface area contributed by atoms with Crippen LogP contribution < -0.4 is 0 Å². The van der Waals surface area contributed by atoms with E-state index in [1.54, 1.807) is 0 Å². The first kappa shape index (κ1) is 8.65. The van der Waals surface area contributed by atoms with Crippen LogP contribution in [0.15, 0.2) is 10.9 Å². The van der Waals surface area contributed by atoms with Gasteiger partial charge in [0, 0.05) is 6.04 Å². The third-order valence-electron chi connectivity index (χ3n) is 2.46. The van der Waals surface area contributed by atoms with Gasteiger partial charge in [0.25, 0.3) is 0 Å². The van der Waals surface area contributed by atoms with Gasteiger partial charge in [0.15, 0.2) is 6.33 Å². The SMILES string of the molecule is OC[C@H]1CCCN1Cc1ncno1. The predicted molar refractivity (Wildman–Crippen MR) is 44.8 cm³/mol. The molecular formula is C8H13N3O2. The number of likely N-dealkylation sites (tertiary alicyclic amines) is 1. The van der Waals surface area contributed by atoms with Gasteiger partial charge in [0.05, 0.1) is 13.2 Å². The van der Waals surface area contributed by atoms with Crippen molar-refractivity contribution in [2.24, 2.45) is 0 Å². The minimum Gasteiger partial charge on any atom is -0.395 e. The summed E-state index contributed by atoms with van der Waals surface area (Å²) < 4.78 is 4.90. The highest BCUT2D eigenvalue weighted by atomic mass is 16.5. The van der Waals surface area contributed by atoms with Gasteiger partial charge in [0.2, 0.25) is 5.89 Å². The quantitative estimate of drug-likeness (QED) is 0.716. The smallest absolute Gasteiger partial charge is 0.240 e. The van der Waals surface area contributed by atoms with E-state index in [-0.39, 0.29) is 12.6 Å². The Bertz CT molecular complexity index is 250. The Hall–Kier alpha value is -0.940. The fraction of sp³-hybridized carbons (Fsp3) is 0.750. The van der Waals surface area contributed by atoms with Gasteiger partial charge < -0.3 is 9.63 Å². The molecule has 1 N–H and O–H groups in total. The normalized spacial score (nSPS) is 23.9. The first-order chi connectivity index (χ1) is 6.40. The van der Waals surface area contributed by atoms with Crippen LogP contribution in [0.2, 0.25) is 0 Å². The Kier molecular flexibility index (Phi) is 2.56. The van der Waals surface area contributed by atoms with Crippen molar-refractivity contribution in [3.63, 3.8) is 0 Å². The lowest BCUT2D eigenvalue weighted by Gasteiger charge is -2.19. The molecule has 0 aromatic carbocycles. The summed E-state index contributed by atoms with van der Waals surface area (Å²) in [4.78, 5) is 6.12. The van der Waals surface area contributed by atoms with Crippen LogP contribution in [-0.2, 0) is 6.54 Å². The third kappa shape index (κ3) is 1.87. The summed E-state index contributed by atoms with van der Waals surface area (Å²) in [5, 5.41) is 12.6. The van der Waals surface area contributed by atoms with Crippen LogP contribution in [0.3, 0.4) is 0 Å². The van der Waals surface area contributed by atoms with Crippen molar-refractivity contribution in [1.29, 1.82) is 0 Å². The summed E-state index contributed by atoms with van der Waals surface area (Å²) >= 11 is 0. The van der Waals surface area contributed by atoms with E-state index in [0.717, 1.165) is 19.4 Å². The van der Waals surface area contributed by atoms with Crippen LogP contribution in [-0.4, -0.2) is 39.3 Å². The molecule has 2 rings (SSSR count). The predicted octanol–water partition coefficient (Wildman–Crippen LogP) is 0.0263. The lowest BCUT2D eigenvalue weighted by molar-refractivity contribution is 0.141. The third-order valence-corrected chi connectivity index (χ3v) is 2.46. The maximum atomic E-state index is 9.06. The highest BCUT2D eigenvalue weighted by Crippen LogP contribution is 2.18. The van der Waals surface area contributed by atoms with Gasteiger partial charge in [0.1, 0.15) is 0 Å². The second-order valence-electron chi connectivity index (χ2n) is 3.28. The van der Waals surface area contributed by atoms with E-state index in [9.17, 15) is 0 Å². The van der Waals surface area contributed by atoms with Crippen LogP contribution in [0.25, 0.3) is 0 Å². The lowest BCUT2D eigenvalue weighted by atomic mass is 10.2. The first-order valence-electron chi connectivity index (χ1n) is 4.50. The summed E-state index contributed by atoms with van der Waals surface area (Å²) in [5.74, 6) is 0.625. The molecule has 1 aromatic rings. The second-order valence-corrected chi connectivity index (χ2v) is 3.28.